The molecule has 0 aliphatic heterocycles. The summed E-state index contributed by atoms with van der Waals surface area (Å²) in [6.07, 6.45) is 0.769. The Morgan fingerprint density at radius 1 is 1.13 bits per heavy atom. The first kappa shape index (κ1) is 22.3. The van der Waals surface area contributed by atoms with Gasteiger partial charge in [0.05, 0.1) is 12.2 Å². The molecule has 0 bridgehead atoms. The number of nitrogens with zero attached hydrogens (tertiary/aromatic N) is 2. The summed E-state index contributed by atoms with van der Waals surface area (Å²) in [6, 6.07) is 14.9. The van der Waals surface area contributed by atoms with Crippen LogP contribution in [0.25, 0.3) is 0 Å². The lowest BCUT2D eigenvalue weighted by Crippen LogP contribution is -2.32. The zero-order valence-electron chi connectivity index (χ0n) is 17.1. The highest BCUT2D eigenvalue weighted by Gasteiger charge is 2.17. The number of hydrogen-bond acceptors (Lipinski definition) is 5. The van der Waals surface area contributed by atoms with Gasteiger partial charge in [-0.05, 0) is 49.7 Å². The minimum Gasteiger partial charge on any atom is -0.486 e. The highest BCUT2D eigenvalue weighted by Crippen LogP contribution is 2.19. The number of carbonyl (C=O) groups is 1. The van der Waals surface area contributed by atoms with Crippen molar-refractivity contribution in [2.24, 2.45) is 0 Å². The number of benzene rings is 2. The zero-order valence-corrected chi connectivity index (χ0v) is 18.7. The predicted molar refractivity (Wildman–Crippen MR) is 120 cm³/mol. The molecule has 0 unspecified atom stereocenters. The Bertz CT molecular complexity index is 942. The van der Waals surface area contributed by atoms with Crippen molar-refractivity contribution in [2.45, 2.75) is 26.5 Å². The zero-order chi connectivity index (χ0) is 21.3. The summed E-state index contributed by atoms with van der Waals surface area (Å²) in [5.41, 5.74) is 2.66. The van der Waals surface area contributed by atoms with Gasteiger partial charge in [0.15, 0.2) is 0 Å². The van der Waals surface area contributed by atoms with Gasteiger partial charge in [-0.25, -0.2) is 4.98 Å². The summed E-state index contributed by atoms with van der Waals surface area (Å²) >= 11 is 7.42. The van der Waals surface area contributed by atoms with Crippen molar-refractivity contribution in [1.82, 2.24) is 9.88 Å². The third-order valence-electron chi connectivity index (χ3n) is 4.49. The molecule has 0 saturated carbocycles. The monoisotopic (exact) mass is 444 g/mol. The van der Waals surface area contributed by atoms with Gasteiger partial charge in [0.2, 0.25) is 0 Å². The van der Waals surface area contributed by atoms with E-state index in [9.17, 15) is 4.79 Å². The van der Waals surface area contributed by atoms with Crippen molar-refractivity contribution in [3.63, 3.8) is 0 Å². The molecule has 3 rings (SSSR count). The topological polar surface area (TPSA) is 51.7 Å². The Labute approximate surface area is 186 Å². The Hall–Kier alpha value is -2.41. The van der Waals surface area contributed by atoms with Crippen molar-refractivity contribution in [3.05, 3.63) is 80.8 Å². The normalized spacial score (nSPS) is 10.8. The fourth-order valence-electron chi connectivity index (χ4n) is 2.89. The summed E-state index contributed by atoms with van der Waals surface area (Å²) in [4.78, 5) is 19.5. The lowest BCUT2D eigenvalue weighted by Gasteiger charge is -2.22. The maximum atomic E-state index is 13.0. The lowest BCUT2D eigenvalue weighted by molar-refractivity contribution is 0.0721. The molecule has 5 nitrogen and oxygen atoms in total. The van der Waals surface area contributed by atoms with E-state index in [1.807, 2.05) is 53.6 Å². The number of rotatable bonds is 10. The molecule has 0 N–H and O–H groups in total. The molecule has 2 aromatic carbocycles. The highest BCUT2D eigenvalue weighted by molar-refractivity contribution is 7.09. The molecule has 3 aromatic rings. The maximum Gasteiger partial charge on any atom is 0.254 e. The second-order valence-corrected chi connectivity index (χ2v) is 8.29. The van der Waals surface area contributed by atoms with Crippen LogP contribution < -0.4 is 4.74 Å². The first-order chi connectivity index (χ1) is 14.5. The van der Waals surface area contributed by atoms with Crippen LogP contribution in [-0.2, 0) is 17.9 Å². The molecule has 1 amide bonds. The van der Waals surface area contributed by atoms with Crippen LogP contribution in [0.15, 0.2) is 53.9 Å². The van der Waals surface area contributed by atoms with Gasteiger partial charge in [0.25, 0.3) is 5.91 Å². The van der Waals surface area contributed by atoms with Gasteiger partial charge in [-0.15, -0.1) is 11.3 Å². The molecule has 0 fully saturated rings. The van der Waals surface area contributed by atoms with Crippen LogP contribution in [0.1, 0.15) is 33.0 Å². The maximum absolute atomic E-state index is 13.0. The molecule has 0 atom stereocenters. The quantitative estimate of drug-likeness (QED) is 0.395. The SMILES string of the molecule is COCCCN(Cc1csc(COc2ccc(Cl)cc2)n1)C(=O)c1ccc(C)cc1. The molecule has 1 heterocycles. The molecule has 1 aromatic heterocycles. The van der Waals surface area contributed by atoms with E-state index in [1.165, 1.54) is 11.3 Å². The van der Waals surface area contributed by atoms with Gasteiger partial charge in [-0.2, -0.15) is 0 Å². The minimum atomic E-state index is -0.00179. The van der Waals surface area contributed by atoms with E-state index in [0.29, 0.717) is 36.9 Å². The first-order valence-corrected chi connectivity index (χ1v) is 11.0. The number of aromatic nitrogens is 1. The summed E-state index contributed by atoms with van der Waals surface area (Å²) < 4.78 is 10.9. The molecule has 7 heteroatoms. The van der Waals surface area contributed by atoms with Crippen molar-refractivity contribution in [3.8, 4) is 5.75 Å². The van der Waals surface area contributed by atoms with Crippen LogP contribution in [0, 0.1) is 6.92 Å². The van der Waals surface area contributed by atoms with Crippen LogP contribution in [-0.4, -0.2) is 36.1 Å². The number of hydrogen-bond donors (Lipinski definition) is 0. The van der Waals surface area contributed by atoms with Gasteiger partial charge >= 0.3 is 0 Å². The minimum absolute atomic E-state index is 0.00179. The Kier molecular flexibility index (Phi) is 8.25. The summed E-state index contributed by atoms with van der Waals surface area (Å²) in [7, 11) is 1.67. The van der Waals surface area contributed by atoms with Crippen molar-refractivity contribution in [1.29, 1.82) is 0 Å². The Morgan fingerprint density at radius 2 is 1.87 bits per heavy atom. The van der Waals surface area contributed by atoms with E-state index >= 15 is 0 Å². The van der Waals surface area contributed by atoms with E-state index in [1.54, 1.807) is 19.2 Å². The molecular formula is C23H25ClN2O3S. The van der Waals surface area contributed by atoms with Crippen LogP contribution in [0.3, 0.4) is 0 Å². The van der Waals surface area contributed by atoms with Crippen LogP contribution in [0.2, 0.25) is 5.02 Å². The van der Waals surface area contributed by atoms with Crippen LogP contribution in [0.4, 0.5) is 0 Å². The number of carbonyl (C=O) groups excluding carboxylic acids is 1. The van der Waals surface area contributed by atoms with Crippen molar-refractivity contribution < 1.29 is 14.3 Å². The van der Waals surface area contributed by atoms with E-state index in [-0.39, 0.29) is 5.91 Å². The van der Waals surface area contributed by atoms with Gasteiger partial charge in [-0.1, -0.05) is 29.3 Å². The molecule has 0 saturated heterocycles. The van der Waals surface area contributed by atoms with E-state index in [0.717, 1.165) is 28.4 Å². The molecule has 0 spiro atoms. The smallest absolute Gasteiger partial charge is 0.254 e. The average Bonchev–Trinajstić information content (AvgIpc) is 3.20. The Balaban J connectivity index is 1.64. The molecule has 30 heavy (non-hydrogen) atoms. The summed E-state index contributed by atoms with van der Waals surface area (Å²) in [6.45, 7) is 4.05. The molecular weight excluding hydrogens is 420 g/mol. The summed E-state index contributed by atoms with van der Waals surface area (Å²) in [5, 5.41) is 3.51. The lowest BCUT2D eigenvalue weighted by atomic mass is 10.1. The fraction of sp³-hybridized carbons (Fsp3) is 0.304. The number of ether oxygens (including phenoxy) is 2. The van der Waals surface area contributed by atoms with Gasteiger partial charge in [0, 0.05) is 36.2 Å². The summed E-state index contributed by atoms with van der Waals surface area (Å²) in [5.74, 6) is 0.741. The number of amides is 1. The van der Waals surface area contributed by atoms with E-state index < -0.39 is 0 Å². The Morgan fingerprint density at radius 3 is 2.57 bits per heavy atom. The predicted octanol–water partition coefficient (Wildman–Crippen LogP) is 5.36. The number of halogens is 1. The van der Waals surface area contributed by atoms with E-state index in [4.69, 9.17) is 21.1 Å². The number of aryl methyl sites for hydroxylation is 1. The molecule has 0 aliphatic carbocycles. The highest BCUT2D eigenvalue weighted by atomic mass is 35.5. The molecule has 158 valence electrons. The number of methoxy groups -OCH3 is 1. The van der Waals surface area contributed by atoms with E-state index in [2.05, 4.69) is 4.98 Å². The standard InChI is InChI=1S/C23H25ClN2O3S/c1-17-4-6-18(7-5-17)23(27)26(12-3-13-28-2)14-20-16-30-22(25-20)15-29-21-10-8-19(24)9-11-21/h4-11,16H,3,12-15H2,1-2H3. The van der Waals surface area contributed by atoms with Gasteiger partial charge < -0.3 is 14.4 Å². The van der Waals surface area contributed by atoms with Crippen molar-refractivity contribution >= 4 is 28.8 Å². The van der Waals surface area contributed by atoms with Crippen LogP contribution >= 0.6 is 22.9 Å². The van der Waals surface area contributed by atoms with Gasteiger partial charge in [0.1, 0.15) is 17.4 Å². The third-order valence-corrected chi connectivity index (χ3v) is 5.61. The number of thiazole rings is 1. The molecule has 0 radical (unpaired) electrons. The van der Waals surface area contributed by atoms with Crippen LogP contribution in [0.5, 0.6) is 5.75 Å². The average molecular weight is 445 g/mol. The largest absolute Gasteiger partial charge is 0.486 e. The van der Waals surface area contributed by atoms with Crippen molar-refractivity contribution in [2.75, 3.05) is 20.3 Å². The fourth-order valence-corrected chi connectivity index (χ4v) is 3.71. The third kappa shape index (κ3) is 6.55. The molecule has 0 aliphatic rings. The first-order valence-electron chi connectivity index (χ1n) is 9.71. The second kappa shape index (κ2) is 11.1. The second-order valence-electron chi connectivity index (χ2n) is 6.91. The van der Waals surface area contributed by atoms with Gasteiger partial charge in [-0.3, -0.25) is 4.79 Å².